The van der Waals surface area contributed by atoms with Gasteiger partial charge in [0.1, 0.15) is 0 Å². The summed E-state index contributed by atoms with van der Waals surface area (Å²) >= 11 is 1.81. The van der Waals surface area contributed by atoms with Crippen molar-refractivity contribution in [2.24, 2.45) is 4.99 Å². The van der Waals surface area contributed by atoms with Crippen LogP contribution in [-0.2, 0) is 5.41 Å². The van der Waals surface area contributed by atoms with E-state index in [2.05, 4.69) is 169 Å². The van der Waals surface area contributed by atoms with E-state index < -0.39 is 0 Å². The van der Waals surface area contributed by atoms with E-state index in [4.69, 9.17) is 5.73 Å². The molecule has 5 heteroatoms. The Bertz CT molecular complexity index is 2330. The molecule has 7 aromatic rings. The van der Waals surface area contributed by atoms with Gasteiger partial charge in [-0.15, -0.1) is 0 Å². The number of nitrogens with zero attached hydrogens (tertiary/aromatic N) is 3. The number of hydrogen-bond donors (Lipinski definition) is 1. The zero-order valence-electron chi connectivity index (χ0n) is 26.2. The lowest BCUT2D eigenvalue weighted by molar-refractivity contribution is 0.632. The average molecular weight is 625 g/mol. The van der Waals surface area contributed by atoms with Gasteiger partial charge in [0.05, 0.1) is 34.1 Å². The molecule has 0 fully saturated rings. The van der Waals surface area contributed by atoms with Crippen LogP contribution in [0.3, 0.4) is 0 Å². The molecule has 2 aliphatic heterocycles. The lowest BCUT2D eigenvalue weighted by Gasteiger charge is -2.42. The Morgan fingerprint density at radius 3 is 1.60 bits per heavy atom. The van der Waals surface area contributed by atoms with Crippen molar-refractivity contribution in [2.75, 3.05) is 15.5 Å². The van der Waals surface area contributed by atoms with Gasteiger partial charge in [-0.05, 0) is 89.3 Å². The van der Waals surface area contributed by atoms with Gasteiger partial charge in [0.15, 0.2) is 0 Å². The van der Waals surface area contributed by atoms with Gasteiger partial charge >= 0.3 is 0 Å². The molecule has 226 valence electrons. The van der Waals surface area contributed by atoms with E-state index in [1.54, 1.807) is 0 Å². The molecular formula is C42H32N4S. The monoisotopic (exact) mass is 624 g/mol. The third kappa shape index (κ3) is 4.00. The summed E-state index contributed by atoms with van der Waals surface area (Å²) in [5.74, 6) is 0. The van der Waals surface area contributed by atoms with E-state index in [1.807, 2.05) is 11.8 Å². The normalized spacial score (nSPS) is 14.3. The fraction of sp³-hybridized carbons (Fsp3) is 0.0714. The largest absolute Gasteiger partial charge is 0.396 e. The second-order valence-corrected chi connectivity index (χ2v) is 13.8. The van der Waals surface area contributed by atoms with Gasteiger partial charge in [-0.3, -0.25) is 4.99 Å². The van der Waals surface area contributed by atoms with Crippen LogP contribution in [0.2, 0.25) is 0 Å². The number of benzene rings is 7. The van der Waals surface area contributed by atoms with Crippen molar-refractivity contribution in [1.29, 1.82) is 0 Å². The Morgan fingerprint density at radius 1 is 0.553 bits per heavy atom. The molecular weight excluding hydrogens is 593 g/mol. The number of nitrogens with two attached hydrogens (primary N) is 1. The van der Waals surface area contributed by atoms with Crippen molar-refractivity contribution in [3.63, 3.8) is 0 Å². The van der Waals surface area contributed by atoms with Crippen LogP contribution in [0.1, 0.15) is 25.0 Å². The second-order valence-electron chi connectivity index (χ2n) is 12.7. The van der Waals surface area contributed by atoms with Gasteiger partial charge in [0, 0.05) is 37.4 Å². The average Bonchev–Trinajstić information content (AvgIpc) is 3.11. The van der Waals surface area contributed by atoms with Gasteiger partial charge in [0.25, 0.3) is 0 Å². The number of rotatable bonds is 3. The SMILES string of the molecule is C=Nc1c(N)c2ccc(N3c4ccccc4Sc4ccccc43)cc2c2ccc(N3c4ccccc4C(C)(C)c4ccccc43)cc12. The summed E-state index contributed by atoms with van der Waals surface area (Å²) in [5.41, 5.74) is 17.6. The molecule has 2 aliphatic rings. The van der Waals surface area contributed by atoms with Crippen LogP contribution >= 0.6 is 11.8 Å². The molecule has 4 nitrogen and oxygen atoms in total. The molecule has 9 rings (SSSR count). The topological polar surface area (TPSA) is 44.9 Å². The minimum absolute atomic E-state index is 0.129. The van der Waals surface area contributed by atoms with Gasteiger partial charge in [0.2, 0.25) is 0 Å². The van der Waals surface area contributed by atoms with E-state index >= 15 is 0 Å². The fourth-order valence-corrected chi connectivity index (χ4v) is 8.66. The molecule has 0 bridgehead atoms. The number of hydrogen-bond acceptors (Lipinski definition) is 5. The first-order valence-electron chi connectivity index (χ1n) is 15.9. The maximum Gasteiger partial charge on any atom is 0.0937 e. The minimum Gasteiger partial charge on any atom is -0.396 e. The first-order chi connectivity index (χ1) is 23.0. The van der Waals surface area contributed by atoms with Crippen LogP contribution in [0.15, 0.2) is 148 Å². The maximum atomic E-state index is 6.93. The summed E-state index contributed by atoms with van der Waals surface area (Å²) in [6.45, 7) is 8.59. The Labute approximate surface area is 278 Å². The predicted molar refractivity (Wildman–Crippen MR) is 201 cm³/mol. The number of nitrogen functional groups attached to an aromatic ring is 1. The highest BCUT2D eigenvalue weighted by atomic mass is 32.2. The lowest BCUT2D eigenvalue weighted by Crippen LogP contribution is -2.30. The molecule has 7 aromatic carbocycles. The van der Waals surface area contributed by atoms with E-state index in [1.165, 1.54) is 43.7 Å². The van der Waals surface area contributed by atoms with Crippen molar-refractivity contribution >= 4 is 85.5 Å². The van der Waals surface area contributed by atoms with Gasteiger partial charge in [-0.25, -0.2) is 0 Å². The molecule has 0 saturated carbocycles. The Hall–Kier alpha value is -5.52. The van der Waals surface area contributed by atoms with Crippen LogP contribution in [0, 0.1) is 0 Å². The summed E-state index contributed by atoms with van der Waals surface area (Å²) < 4.78 is 0. The van der Waals surface area contributed by atoms with E-state index in [0.29, 0.717) is 11.4 Å². The molecule has 0 aliphatic carbocycles. The number of anilines is 7. The van der Waals surface area contributed by atoms with E-state index in [9.17, 15) is 0 Å². The first kappa shape index (κ1) is 27.8. The first-order valence-corrected chi connectivity index (χ1v) is 16.7. The third-order valence-corrected chi connectivity index (χ3v) is 11.0. The van der Waals surface area contributed by atoms with Crippen LogP contribution in [0.5, 0.6) is 0 Å². The third-order valence-electron chi connectivity index (χ3n) is 9.84. The molecule has 2 heterocycles. The molecule has 0 unspecified atom stereocenters. The van der Waals surface area contributed by atoms with E-state index in [-0.39, 0.29) is 5.41 Å². The van der Waals surface area contributed by atoms with Gasteiger partial charge in [-0.1, -0.05) is 98.4 Å². The summed E-state index contributed by atoms with van der Waals surface area (Å²) in [5, 5.41) is 4.13. The van der Waals surface area contributed by atoms with Crippen molar-refractivity contribution in [2.45, 2.75) is 29.1 Å². The highest BCUT2D eigenvalue weighted by Gasteiger charge is 2.36. The van der Waals surface area contributed by atoms with Crippen LogP contribution in [0.4, 0.5) is 45.5 Å². The molecule has 0 atom stereocenters. The van der Waals surface area contributed by atoms with Crippen molar-refractivity contribution < 1.29 is 0 Å². The highest BCUT2D eigenvalue weighted by molar-refractivity contribution is 7.99. The highest BCUT2D eigenvalue weighted by Crippen LogP contribution is 2.54. The smallest absolute Gasteiger partial charge is 0.0937 e. The quantitative estimate of drug-likeness (QED) is 0.121. The Kier molecular flexibility index (Phi) is 6.05. The molecule has 0 saturated heterocycles. The van der Waals surface area contributed by atoms with Crippen LogP contribution in [0.25, 0.3) is 21.5 Å². The fourth-order valence-electron chi connectivity index (χ4n) is 7.60. The van der Waals surface area contributed by atoms with Crippen LogP contribution < -0.4 is 15.5 Å². The van der Waals surface area contributed by atoms with Crippen LogP contribution in [-0.4, -0.2) is 6.72 Å². The predicted octanol–water partition coefficient (Wildman–Crippen LogP) is 12.0. The summed E-state index contributed by atoms with van der Waals surface area (Å²) in [6, 6.07) is 47.9. The van der Waals surface area contributed by atoms with E-state index in [0.717, 1.165) is 32.9 Å². The molecule has 2 N–H and O–H groups in total. The Morgan fingerprint density at radius 2 is 1.02 bits per heavy atom. The maximum absolute atomic E-state index is 6.93. The zero-order valence-corrected chi connectivity index (χ0v) is 27.1. The van der Waals surface area contributed by atoms with Crippen molar-refractivity contribution in [3.8, 4) is 0 Å². The Balaban J connectivity index is 1.28. The number of aliphatic imine (C=N–C) groups is 1. The van der Waals surface area contributed by atoms with Gasteiger partial charge < -0.3 is 15.5 Å². The number of fused-ring (bicyclic) bond motifs is 7. The van der Waals surface area contributed by atoms with Crippen molar-refractivity contribution in [1.82, 2.24) is 0 Å². The second kappa shape index (κ2) is 10.2. The molecule has 47 heavy (non-hydrogen) atoms. The van der Waals surface area contributed by atoms with Crippen molar-refractivity contribution in [3.05, 3.63) is 145 Å². The molecule has 0 spiro atoms. The zero-order chi connectivity index (χ0) is 31.9. The van der Waals surface area contributed by atoms with Gasteiger partial charge in [-0.2, -0.15) is 0 Å². The summed E-state index contributed by atoms with van der Waals surface area (Å²) in [4.78, 5) is 11.7. The minimum atomic E-state index is -0.129. The standard InChI is InChI=1S/C42H32N4S/c1-42(2)32-12-4-6-14-34(32)45(35-15-7-5-13-33(35)42)27-20-22-28-30-24-26(21-23-29(30)40(43)41(44-3)31(28)25-27)46-36-16-8-10-18-38(36)47-39-19-11-9-17-37(39)46/h4-25H,3,43H2,1-2H3. The molecule has 0 amide bonds. The summed E-state index contributed by atoms with van der Waals surface area (Å²) in [6.07, 6.45) is 0. The lowest BCUT2D eigenvalue weighted by atomic mass is 9.73. The number of para-hydroxylation sites is 4. The molecule has 0 aromatic heterocycles. The summed E-state index contributed by atoms with van der Waals surface area (Å²) in [7, 11) is 0. The molecule has 0 radical (unpaired) electrons.